The van der Waals surface area contributed by atoms with Gasteiger partial charge in [0.1, 0.15) is 12.4 Å². The fourth-order valence-corrected chi connectivity index (χ4v) is 4.21. The lowest BCUT2D eigenvalue weighted by atomic mass is 10.1. The quantitative estimate of drug-likeness (QED) is 0.807. The minimum absolute atomic E-state index is 0.161. The van der Waals surface area contributed by atoms with Gasteiger partial charge >= 0.3 is 6.18 Å². The number of benzene rings is 1. The van der Waals surface area contributed by atoms with E-state index in [1.807, 2.05) is 0 Å². The average Bonchev–Trinajstić information content (AvgIpc) is 2.62. The van der Waals surface area contributed by atoms with Gasteiger partial charge in [0, 0.05) is 25.4 Å². The highest BCUT2D eigenvalue weighted by molar-refractivity contribution is 7.89. The molecule has 1 aliphatic rings. The molecule has 0 N–H and O–H groups in total. The molecule has 140 valence electrons. The van der Waals surface area contributed by atoms with Crippen LogP contribution in [-0.4, -0.2) is 41.9 Å². The molecule has 2 heterocycles. The Morgan fingerprint density at radius 2 is 1.88 bits per heavy atom. The lowest BCUT2D eigenvalue weighted by Gasteiger charge is -2.31. The maximum absolute atomic E-state index is 12.8. The Bertz CT molecular complexity index is 852. The summed E-state index contributed by atoms with van der Waals surface area (Å²) in [6.45, 7) is 0.322. The van der Waals surface area contributed by atoms with Crippen molar-refractivity contribution in [1.82, 2.24) is 14.3 Å². The monoisotopic (exact) mass is 387 g/mol. The van der Waals surface area contributed by atoms with Crippen molar-refractivity contribution in [3.63, 3.8) is 0 Å². The normalized spacial score (nSPS) is 17.2. The van der Waals surface area contributed by atoms with Crippen molar-refractivity contribution in [3.05, 3.63) is 48.4 Å². The molecule has 0 spiro atoms. The molecule has 0 atom stereocenters. The number of halogens is 3. The molecule has 1 aromatic carbocycles. The largest absolute Gasteiger partial charge is 0.474 e. The molecule has 0 unspecified atom stereocenters. The first-order chi connectivity index (χ1) is 12.3. The van der Waals surface area contributed by atoms with Crippen LogP contribution in [0.3, 0.4) is 0 Å². The van der Waals surface area contributed by atoms with E-state index in [9.17, 15) is 21.6 Å². The highest BCUT2D eigenvalue weighted by Crippen LogP contribution is 2.31. The standard InChI is InChI=1S/C16H16F3N3O3S/c17-16(18,19)12-2-1-3-14(10-12)26(23,24)22-8-5-13(6-9-22)25-15-4-7-20-11-21-15/h1-4,7,10-11,13H,5-6,8-9H2. The lowest BCUT2D eigenvalue weighted by molar-refractivity contribution is -0.137. The molecule has 1 saturated heterocycles. The summed E-state index contributed by atoms with van der Waals surface area (Å²) in [6, 6.07) is 5.39. The predicted octanol–water partition coefficient (Wildman–Crippen LogP) is 2.73. The second kappa shape index (κ2) is 7.20. The Labute approximate surface area is 148 Å². The fraction of sp³-hybridized carbons (Fsp3) is 0.375. The first-order valence-electron chi connectivity index (χ1n) is 7.87. The zero-order chi connectivity index (χ0) is 18.8. The van der Waals surface area contributed by atoms with Gasteiger partial charge in [-0.05, 0) is 31.0 Å². The summed E-state index contributed by atoms with van der Waals surface area (Å²) in [4.78, 5) is 7.37. The Morgan fingerprint density at radius 3 is 2.50 bits per heavy atom. The van der Waals surface area contributed by atoms with Crippen LogP contribution in [0.15, 0.2) is 47.8 Å². The second-order valence-corrected chi connectivity index (χ2v) is 7.73. The van der Waals surface area contributed by atoms with Crippen LogP contribution < -0.4 is 4.74 Å². The summed E-state index contributed by atoms with van der Waals surface area (Å²) in [5, 5.41) is 0. The van der Waals surface area contributed by atoms with Crippen LogP contribution in [-0.2, 0) is 16.2 Å². The van der Waals surface area contributed by atoms with Crippen LogP contribution in [0, 0.1) is 0 Å². The molecule has 0 saturated carbocycles. The van der Waals surface area contributed by atoms with Gasteiger partial charge in [0.15, 0.2) is 0 Å². The maximum atomic E-state index is 12.8. The summed E-state index contributed by atoms with van der Waals surface area (Å²) in [7, 11) is -3.99. The second-order valence-electron chi connectivity index (χ2n) is 5.79. The third-order valence-corrected chi connectivity index (χ3v) is 5.94. The highest BCUT2D eigenvalue weighted by Gasteiger charge is 2.34. The first-order valence-corrected chi connectivity index (χ1v) is 9.31. The number of ether oxygens (including phenoxy) is 1. The highest BCUT2D eigenvalue weighted by atomic mass is 32.2. The number of hydrogen-bond acceptors (Lipinski definition) is 5. The summed E-state index contributed by atoms with van der Waals surface area (Å²) in [5.74, 6) is 0.402. The Morgan fingerprint density at radius 1 is 1.15 bits per heavy atom. The maximum Gasteiger partial charge on any atom is 0.416 e. The van der Waals surface area contributed by atoms with Gasteiger partial charge in [-0.25, -0.2) is 18.4 Å². The van der Waals surface area contributed by atoms with Crippen molar-refractivity contribution in [2.24, 2.45) is 0 Å². The van der Waals surface area contributed by atoms with Crippen LogP contribution in [0.2, 0.25) is 0 Å². The molecule has 3 rings (SSSR count). The van der Waals surface area contributed by atoms with Crippen molar-refractivity contribution in [2.45, 2.75) is 30.0 Å². The number of piperidine rings is 1. The van der Waals surface area contributed by atoms with Crippen LogP contribution in [0.5, 0.6) is 5.88 Å². The zero-order valence-corrected chi connectivity index (χ0v) is 14.4. The minimum atomic E-state index is -4.59. The van der Waals surface area contributed by atoms with Crippen molar-refractivity contribution < 1.29 is 26.3 Å². The topological polar surface area (TPSA) is 72.4 Å². The molecule has 2 aromatic rings. The van der Waals surface area contributed by atoms with E-state index in [1.165, 1.54) is 22.9 Å². The molecule has 0 aliphatic carbocycles. The van der Waals surface area contributed by atoms with Gasteiger partial charge < -0.3 is 4.74 Å². The van der Waals surface area contributed by atoms with Crippen molar-refractivity contribution >= 4 is 10.0 Å². The number of nitrogens with zero attached hydrogens (tertiary/aromatic N) is 3. The molecular weight excluding hydrogens is 371 g/mol. The number of rotatable bonds is 4. The van der Waals surface area contributed by atoms with Gasteiger partial charge in [0.25, 0.3) is 0 Å². The van der Waals surface area contributed by atoms with Crippen LogP contribution in [0.25, 0.3) is 0 Å². The van der Waals surface area contributed by atoms with E-state index in [4.69, 9.17) is 4.74 Å². The molecule has 26 heavy (non-hydrogen) atoms. The first kappa shape index (κ1) is 18.6. The van der Waals surface area contributed by atoms with Crippen LogP contribution in [0.1, 0.15) is 18.4 Å². The molecule has 1 fully saturated rings. The Balaban J connectivity index is 1.68. The lowest BCUT2D eigenvalue weighted by Crippen LogP contribution is -2.41. The number of aromatic nitrogens is 2. The molecule has 6 nitrogen and oxygen atoms in total. The van der Waals surface area contributed by atoms with Gasteiger partial charge in [-0.2, -0.15) is 17.5 Å². The van der Waals surface area contributed by atoms with Gasteiger partial charge in [-0.3, -0.25) is 0 Å². The average molecular weight is 387 g/mol. The number of alkyl halides is 3. The smallest absolute Gasteiger partial charge is 0.416 e. The summed E-state index contributed by atoms with van der Waals surface area (Å²) in [5.41, 5.74) is -0.986. The van der Waals surface area contributed by atoms with Crippen LogP contribution in [0.4, 0.5) is 13.2 Å². The third-order valence-electron chi connectivity index (χ3n) is 4.04. The van der Waals surface area contributed by atoms with Gasteiger partial charge in [-0.1, -0.05) is 6.07 Å². The fourth-order valence-electron chi connectivity index (χ4n) is 2.69. The predicted molar refractivity (Wildman–Crippen MR) is 85.9 cm³/mol. The molecular formula is C16H16F3N3O3S. The molecule has 0 radical (unpaired) electrons. The van der Waals surface area contributed by atoms with E-state index in [0.29, 0.717) is 24.8 Å². The summed E-state index contributed by atoms with van der Waals surface area (Å²) < 4.78 is 70.6. The Hall–Kier alpha value is -2.20. The van der Waals surface area contributed by atoms with Crippen molar-refractivity contribution in [2.75, 3.05) is 13.1 Å². The molecule has 1 aromatic heterocycles. The molecule has 0 bridgehead atoms. The van der Waals surface area contributed by atoms with E-state index in [1.54, 1.807) is 6.07 Å². The van der Waals surface area contributed by atoms with Crippen molar-refractivity contribution in [3.8, 4) is 5.88 Å². The summed E-state index contributed by atoms with van der Waals surface area (Å²) >= 11 is 0. The van der Waals surface area contributed by atoms with E-state index in [0.717, 1.165) is 12.1 Å². The SMILES string of the molecule is O=S(=O)(c1cccc(C(F)(F)F)c1)N1CCC(Oc2ccncn2)CC1. The van der Waals surface area contributed by atoms with E-state index < -0.39 is 21.8 Å². The van der Waals surface area contributed by atoms with Crippen molar-refractivity contribution in [1.29, 1.82) is 0 Å². The van der Waals surface area contributed by atoms with E-state index >= 15 is 0 Å². The third kappa shape index (κ3) is 4.13. The number of sulfonamides is 1. The number of hydrogen-bond donors (Lipinski definition) is 0. The minimum Gasteiger partial charge on any atom is -0.474 e. The van der Waals surface area contributed by atoms with E-state index in [-0.39, 0.29) is 24.1 Å². The summed E-state index contributed by atoms with van der Waals surface area (Å²) in [6.07, 6.45) is -1.08. The molecule has 10 heteroatoms. The zero-order valence-electron chi connectivity index (χ0n) is 13.6. The van der Waals surface area contributed by atoms with Gasteiger partial charge in [0.05, 0.1) is 10.5 Å². The van der Waals surface area contributed by atoms with E-state index in [2.05, 4.69) is 9.97 Å². The van der Waals surface area contributed by atoms with Crippen LogP contribution >= 0.6 is 0 Å². The molecule has 1 aliphatic heterocycles. The van der Waals surface area contributed by atoms with Gasteiger partial charge in [0.2, 0.25) is 15.9 Å². The van der Waals surface area contributed by atoms with Gasteiger partial charge in [-0.15, -0.1) is 0 Å². The Kier molecular flexibility index (Phi) is 5.15. The molecule has 0 amide bonds.